The van der Waals surface area contributed by atoms with Crippen LogP contribution in [0.5, 0.6) is 0 Å². The Labute approximate surface area is 81.3 Å². The first-order chi connectivity index (χ1) is 6.34. The van der Waals surface area contributed by atoms with Gasteiger partial charge in [0.05, 0.1) is 0 Å². The highest BCUT2D eigenvalue weighted by Crippen LogP contribution is 2.18. The lowest BCUT2D eigenvalue weighted by molar-refractivity contribution is 0.778. The van der Waals surface area contributed by atoms with Crippen LogP contribution in [0, 0.1) is 0 Å². The van der Waals surface area contributed by atoms with Gasteiger partial charge in [-0.2, -0.15) is 0 Å². The molecule has 0 aromatic heterocycles. The zero-order chi connectivity index (χ0) is 9.52. The monoisotopic (exact) mass is 174 g/mol. The number of hydrogen-bond acceptors (Lipinski definition) is 0. The van der Waals surface area contributed by atoms with Crippen LogP contribution < -0.4 is 0 Å². The van der Waals surface area contributed by atoms with Gasteiger partial charge in [-0.15, -0.1) is 0 Å². The Morgan fingerprint density at radius 3 is 2.46 bits per heavy atom. The van der Waals surface area contributed by atoms with E-state index in [1.54, 1.807) is 0 Å². The van der Waals surface area contributed by atoms with Gasteiger partial charge in [0.1, 0.15) is 0 Å². The van der Waals surface area contributed by atoms with Gasteiger partial charge in [-0.3, -0.25) is 0 Å². The van der Waals surface area contributed by atoms with Crippen LogP contribution in [-0.4, -0.2) is 0 Å². The minimum Gasteiger partial charge on any atom is -0.0888 e. The fourth-order valence-electron chi connectivity index (χ4n) is 1.38. The van der Waals surface area contributed by atoms with Gasteiger partial charge in [0, 0.05) is 0 Å². The van der Waals surface area contributed by atoms with Gasteiger partial charge in [0.25, 0.3) is 0 Å². The Kier molecular flexibility index (Phi) is 4.31. The molecule has 0 radical (unpaired) electrons. The average molecular weight is 174 g/mol. The SMILES string of the molecule is CCC=CCC(C)c1ccccc1. The molecule has 0 heterocycles. The van der Waals surface area contributed by atoms with Crippen LogP contribution in [0.4, 0.5) is 0 Å². The summed E-state index contributed by atoms with van der Waals surface area (Å²) in [5.41, 5.74) is 1.43. The summed E-state index contributed by atoms with van der Waals surface area (Å²) in [6.07, 6.45) is 6.80. The summed E-state index contributed by atoms with van der Waals surface area (Å²) in [6, 6.07) is 10.7. The summed E-state index contributed by atoms with van der Waals surface area (Å²) in [5, 5.41) is 0. The molecule has 0 saturated heterocycles. The summed E-state index contributed by atoms with van der Waals surface area (Å²) in [4.78, 5) is 0. The normalized spacial score (nSPS) is 13.4. The van der Waals surface area contributed by atoms with Crippen molar-refractivity contribution in [3.63, 3.8) is 0 Å². The van der Waals surface area contributed by atoms with Crippen molar-refractivity contribution in [2.75, 3.05) is 0 Å². The molecule has 0 amide bonds. The van der Waals surface area contributed by atoms with Gasteiger partial charge >= 0.3 is 0 Å². The van der Waals surface area contributed by atoms with E-state index in [4.69, 9.17) is 0 Å². The van der Waals surface area contributed by atoms with Crippen LogP contribution in [-0.2, 0) is 0 Å². The molecule has 70 valence electrons. The second kappa shape index (κ2) is 5.58. The molecule has 1 atom stereocenters. The summed E-state index contributed by atoms with van der Waals surface area (Å²) >= 11 is 0. The molecule has 0 nitrogen and oxygen atoms in total. The molecular formula is C13H18. The molecule has 0 spiro atoms. The molecule has 1 unspecified atom stereocenters. The number of allylic oxidation sites excluding steroid dienone is 2. The predicted molar refractivity (Wildman–Crippen MR) is 58.9 cm³/mol. The van der Waals surface area contributed by atoms with E-state index < -0.39 is 0 Å². The topological polar surface area (TPSA) is 0 Å². The van der Waals surface area contributed by atoms with E-state index in [1.807, 2.05) is 0 Å². The predicted octanol–water partition coefficient (Wildman–Crippen LogP) is 4.15. The molecule has 0 aliphatic carbocycles. The molecule has 0 fully saturated rings. The smallest absolute Gasteiger partial charge is 0.0156 e. The average Bonchev–Trinajstić information content (AvgIpc) is 2.19. The number of benzene rings is 1. The quantitative estimate of drug-likeness (QED) is 0.602. The van der Waals surface area contributed by atoms with Crippen LogP contribution in [0.15, 0.2) is 42.5 Å². The molecule has 0 N–H and O–H groups in total. The zero-order valence-electron chi connectivity index (χ0n) is 8.53. The van der Waals surface area contributed by atoms with Crippen molar-refractivity contribution in [1.29, 1.82) is 0 Å². The molecular weight excluding hydrogens is 156 g/mol. The lowest BCUT2D eigenvalue weighted by Crippen LogP contribution is -1.90. The Bertz CT molecular complexity index is 246. The largest absolute Gasteiger partial charge is 0.0888 e. The summed E-state index contributed by atoms with van der Waals surface area (Å²) in [6.45, 7) is 4.44. The van der Waals surface area contributed by atoms with Crippen LogP contribution in [0.2, 0.25) is 0 Å². The molecule has 0 bridgehead atoms. The Morgan fingerprint density at radius 1 is 1.15 bits per heavy atom. The van der Waals surface area contributed by atoms with Crippen molar-refractivity contribution in [2.24, 2.45) is 0 Å². The van der Waals surface area contributed by atoms with E-state index in [0.717, 1.165) is 12.8 Å². The molecule has 1 aromatic rings. The standard InChI is InChI=1S/C13H18/c1-3-4-6-9-12(2)13-10-7-5-8-11-13/h4-8,10-12H,3,9H2,1-2H3. The Balaban J connectivity index is 2.49. The van der Waals surface area contributed by atoms with Crippen LogP contribution in [0.1, 0.15) is 38.2 Å². The third-order valence-corrected chi connectivity index (χ3v) is 2.26. The third-order valence-electron chi connectivity index (χ3n) is 2.26. The highest BCUT2D eigenvalue weighted by atomic mass is 14.1. The summed E-state index contributed by atoms with van der Waals surface area (Å²) < 4.78 is 0. The van der Waals surface area contributed by atoms with Crippen molar-refractivity contribution in [3.05, 3.63) is 48.0 Å². The van der Waals surface area contributed by atoms with E-state index in [9.17, 15) is 0 Å². The first-order valence-corrected chi connectivity index (χ1v) is 5.04. The lowest BCUT2D eigenvalue weighted by Gasteiger charge is -2.07. The second-order valence-electron chi connectivity index (χ2n) is 3.43. The Hall–Kier alpha value is -1.04. The van der Waals surface area contributed by atoms with Gasteiger partial charge in [-0.25, -0.2) is 0 Å². The molecule has 0 heteroatoms. The minimum atomic E-state index is 0.643. The van der Waals surface area contributed by atoms with Gasteiger partial charge in [0.2, 0.25) is 0 Å². The lowest BCUT2D eigenvalue weighted by atomic mass is 9.98. The minimum absolute atomic E-state index is 0.643. The highest BCUT2D eigenvalue weighted by molar-refractivity contribution is 5.19. The first-order valence-electron chi connectivity index (χ1n) is 5.04. The van der Waals surface area contributed by atoms with E-state index in [0.29, 0.717) is 5.92 Å². The molecule has 0 aliphatic rings. The van der Waals surface area contributed by atoms with Gasteiger partial charge in [-0.1, -0.05) is 56.3 Å². The van der Waals surface area contributed by atoms with Crippen molar-refractivity contribution in [3.8, 4) is 0 Å². The van der Waals surface area contributed by atoms with Crippen LogP contribution in [0.25, 0.3) is 0 Å². The molecule has 0 saturated carbocycles. The van der Waals surface area contributed by atoms with Gasteiger partial charge in [0.15, 0.2) is 0 Å². The zero-order valence-corrected chi connectivity index (χ0v) is 8.53. The number of rotatable bonds is 4. The summed E-state index contributed by atoms with van der Waals surface area (Å²) in [5.74, 6) is 0.643. The maximum Gasteiger partial charge on any atom is -0.0156 e. The molecule has 1 rings (SSSR count). The fraction of sp³-hybridized carbons (Fsp3) is 0.385. The third kappa shape index (κ3) is 3.45. The first kappa shape index (κ1) is 10.0. The van der Waals surface area contributed by atoms with Gasteiger partial charge in [-0.05, 0) is 24.3 Å². The molecule has 13 heavy (non-hydrogen) atoms. The van der Waals surface area contributed by atoms with Crippen LogP contribution >= 0.6 is 0 Å². The number of hydrogen-bond donors (Lipinski definition) is 0. The van der Waals surface area contributed by atoms with Crippen LogP contribution in [0.3, 0.4) is 0 Å². The van der Waals surface area contributed by atoms with Crippen molar-refractivity contribution in [1.82, 2.24) is 0 Å². The van der Waals surface area contributed by atoms with E-state index in [-0.39, 0.29) is 0 Å². The Morgan fingerprint density at radius 2 is 1.85 bits per heavy atom. The summed E-state index contributed by atoms with van der Waals surface area (Å²) in [7, 11) is 0. The van der Waals surface area contributed by atoms with Crippen molar-refractivity contribution < 1.29 is 0 Å². The van der Waals surface area contributed by atoms with Crippen molar-refractivity contribution in [2.45, 2.75) is 32.6 Å². The maximum absolute atomic E-state index is 2.28. The highest BCUT2D eigenvalue weighted by Gasteiger charge is 2.00. The van der Waals surface area contributed by atoms with E-state index >= 15 is 0 Å². The molecule has 1 aromatic carbocycles. The fourth-order valence-corrected chi connectivity index (χ4v) is 1.38. The second-order valence-corrected chi connectivity index (χ2v) is 3.43. The maximum atomic E-state index is 2.28. The van der Waals surface area contributed by atoms with Gasteiger partial charge < -0.3 is 0 Å². The van der Waals surface area contributed by atoms with E-state index in [2.05, 4.69) is 56.3 Å². The molecule has 0 aliphatic heterocycles. The van der Waals surface area contributed by atoms with Crippen molar-refractivity contribution >= 4 is 0 Å². The van der Waals surface area contributed by atoms with E-state index in [1.165, 1.54) is 5.56 Å².